The van der Waals surface area contributed by atoms with Gasteiger partial charge in [0.2, 0.25) is 0 Å². The Labute approximate surface area is 150 Å². The van der Waals surface area contributed by atoms with Crippen LogP contribution in [0.3, 0.4) is 0 Å². The van der Waals surface area contributed by atoms with E-state index in [0.717, 1.165) is 38.1 Å². The Hall–Kier alpha value is -1.75. The van der Waals surface area contributed by atoms with E-state index in [0.29, 0.717) is 18.2 Å². The van der Waals surface area contributed by atoms with Gasteiger partial charge in [-0.2, -0.15) is 0 Å². The smallest absolute Gasteiger partial charge is 0.314 e. The number of hydrogen-bond donors (Lipinski definition) is 2. The van der Waals surface area contributed by atoms with Crippen molar-refractivity contribution in [2.24, 2.45) is 5.73 Å². The molecule has 2 aliphatic rings. The van der Waals surface area contributed by atoms with Crippen LogP contribution in [-0.4, -0.2) is 36.2 Å². The quantitative estimate of drug-likeness (QED) is 0.828. The number of nitrogens with two attached hydrogens (primary N) is 1. The number of likely N-dealkylation sites (tertiary alicyclic amines) is 1. The third-order valence-corrected chi connectivity index (χ3v) is 5.54. The molecule has 1 saturated heterocycles. The summed E-state index contributed by atoms with van der Waals surface area (Å²) in [6.07, 6.45) is 8.32. The standard InChI is InChI=1S/C20H31N3O2/c1-2-19(22-16-11-13-23(14-12-16)20(21)24)15-7-9-18(10-8-15)25-17-5-3-4-6-17/h7-10,16-17,19,22H,2-6,11-14H2,1H3,(H2,21,24). The number of piperidine rings is 1. The minimum absolute atomic E-state index is 0.302. The number of carbonyl (C=O) groups excluding carboxylic acids is 1. The number of primary amides is 1. The van der Waals surface area contributed by atoms with E-state index in [1.807, 2.05) is 0 Å². The fraction of sp³-hybridized carbons (Fsp3) is 0.650. The molecule has 1 atom stereocenters. The molecule has 2 fully saturated rings. The monoisotopic (exact) mass is 345 g/mol. The topological polar surface area (TPSA) is 67.6 Å². The molecule has 2 amide bonds. The van der Waals surface area contributed by atoms with Crippen molar-refractivity contribution >= 4 is 6.03 Å². The highest BCUT2D eigenvalue weighted by Gasteiger charge is 2.23. The fourth-order valence-electron chi connectivity index (χ4n) is 3.98. The predicted molar refractivity (Wildman–Crippen MR) is 99.7 cm³/mol. The van der Waals surface area contributed by atoms with E-state index in [4.69, 9.17) is 10.5 Å². The molecular formula is C20H31N3O2. The van der Waals surface area contributed by atoms with E-state index < -0.39 is 0 Å². The van der Waals surface area contributed by atoms with Gasteiger partial charge in [-0.25, -0.2) is 4.79 Å². The van der Waals surface area contributed by atoms with Gasteiger partial charge in [0.25, 0.3) is 0 Å². The number of carbonyl (C=O) groups is 1. The molecule has 3 N–H and O–H groups in total. The highest BCUT2D eigenvalue weighted by Crippen LogP contribution is 2.26. The van der Waals surface area contributed by atoms with E-state index >= 15 is 0 Å². The Balaban J connectivity index is 1.53. The summed E-state index contributed by atoms with van der Waals surface area (Å²) in [5.74, 6) is 0.986. The van der Waals surface area contributed by atoms with Crippen molar-refractivity contribution < 1.29 is 9.53 Å². The van der Waals surface area contributed by atoms with Crippen LogP contribution in [0.2, 0.25) is 0 Å². The average molecular weight is 345 g/mol. The zero-order chi connectivity index (χ0) is 17.6. The van der Waals surface area contributed by atoms with Crippen LogP contribution in [0.1, 0.15) is 63.5 Å². The first-order valence-corrected chi connectivity index (χ1v) is 9.72. The zero-order valence-electron chi connectivity index (χ0n) is 15.2. The van der Waals surface area contributed by atoms with Crippen molar-refractivity contribution in [2.75, 3.05) is 13.1 Å². The minimum Gasteiger partial charge on any atom is -0.490 e. The predicted octanol–water partition coefficient (Wildman–Crippen LogP) is 3.59. The largest absolute Gasteiger partial charge is 0.490 e. The van der Waals surface area contributed by atoms with Crippen LogP contribution in [0.15, 0.2) is 24.3 Å². The van der Waals surface area contributed by atoms with Crippen LogP contribution < -0.4 is 15.8 Å². The third-order valence-electron chi connectivity index (χ3n) is 5.54. The van der Waals surface area contributed by atoms with Crippen molar-refractivity contribution in [3.8, 4) is 5.75 Å². The van der Waals surface area contributed by atoms with Crippen molar-refractivity contribution in [1.29, 1.82) is 0 Å². The molecule has 1 heterocycles. The number of amides is 2. The molecule has 1 aromatic rings. The second-order valence-corrected chi connectivity index (χ2v) is 7.32. The molecule has 0 bridgehead atoms. The van der Waals surface area contributed by atoms with Gasteiger partial charge in [-0.15, -0.1) is 0 Å². The number of benzene rings is 1. The van der Waals surface area contributed by atoms with Gasteiger partial charge in [0.05, 0.1) is 6.10 Å². The summed E-state index contributed by atoms with van der Waals surface area (Å²) in [7, 11) is 0. The summed E-state index contributed by atoms with van der Waals surface area (Å²) in [4.78, 5) is 13.0. The van der Waals surface area contributed by atoms with E-state index in [1.165, 1.54) is 31.2 Å². The average Bonchev–Trinajstić information content (AvgIpc) is 3.14. The molecule has 5 heteroatoms. The molecule has 3 rings (SSSR count). The Bertz CT molecular complexity index is 547. The van der Waals surface area contributed by atoms with Gasteiger partial charge >= 0.3 is 6.03 Å². The van der Waals surface area contributed by atoms with Crippen molar-refractivity contribution in [3.05, 3.63) is 29.8 Å². The maximum atomic E-state index is 11.2. The van der Waals surface area contributed by atoms with Crippen LogP contribution in [0.4, 0.5) is 4.79 Å². The Morgan fingerprint density at radius 1 is 1.20 bits per heavy atom. The number of ether oxygens (including phenoxy) is 1. The molecular weight excluding hydrogens is 314 g/mol. The summed E-state index contributed by atoms with van der Waals surface area (Å²) in [6.45, 7) is 3.70. The second kappa shape index (κ2) is 8.56. The van der Waals surface area contributed by atoms with Crippen molar-refractivity contribution in [2.45, 2.75) is 70.1 Å². The van der Waals surface area contributed by atoms with Gasteiger partial charge in [-0.1, -0.05) is 19.1 Å². The van der Waals surface area contributed by atoms with E-state index in [2.05, 4.69) is 36.5 Å². The number of rotatable bonds is 6. The lowest BCUT2D eigenvalue weighted by Gasteiger charge is -2.33. The summed E-state index contributed by atoms with van der Waals surface area (Å²) in [6, 6.07) is 9.05. The van der Waals surface area contributed by atoms with Gasteiger partial charge in [0.1, 0.15) is 5.75 Å². The zero-order valence-corrected chi connectivity index (χ0v) is 15.2. The molecule has 5 nitrogen and oxygen atoms in total. The van der Waals surface area contributed by atoms with Crippen molar-refractivity contribution in [1.82, 2.24) is 10.2 Å². The molecule has 1 aliphatic heterocycles. The van der Waals surface area contributed by atoms with Crippen LogP contribution in [0, 0.1) is 0 Å². The summed E-state index contributed by atoms with van der Waals surface area (Å²) in [5, 5.41) is 3.75. The Morgan fingerprint density at radius 3 is 2.40 bits per heavy atom. The fourth-order valence-corrected chi connectivity index (χ4v) is 3.98. The third kappa shape index (κ3) is 4.88. The molecule has 0 spiro atoms. The molecule has 25 heavy (non-hydrogen) atoms. The number of nitrogens with zero attached hydrogens (tertiary/aromatic N) is 1. The van der Waals surface area contributed by atoms with Gasteiger partial charge in [0, 0.05) is 25.2 Å². The van der Waals surface area contributed by atoms with Gasteiger partial charge in [-0.05, 0) is 62.6 Å². The van der Waals surface area contributed by atoms with E-state index in [-0.39, 0.29) is 6.03 Å². The second-order valence-electron chi connectivity index (χ2n) is 7.32. The van der Waals surface area contributed by atoms with Crippen molar-refractivity contribution in [3.63, 3.8) is 0 Å². The van der Waals surface area contributed by atoms with Crippen LogP contribution >= 0.6 is 0 Å². The van der Waals surface area contributed by atoms with Crippen LogP contribution in [-0.2, 0) is 0 Å². The first-order chi connectivity index (χ1) is 12.2. The molecule has 0 radical (unpaired) electrons. The van der Waals surface area contributed by atoms with Gasteiger partial charge in [0.15, 0.2) is 0 Å². The Morgan fingerprint density at radius 2 is 1.84 bits per heavy atom. The normalized spacial score (nSPS) is 20.6. The molecule has 138 valence electrons. The first-order valence-electron chi connectivity index (χ1n) is 9.72. The van der Waals surface area contributed by atoms with Crippen LogP contribution in [0.5, 0.6) is 5.75 Å². The van der Waals surface area contributed by atoms with E-state index in [1.54, 1.807) is 4.90 Å². The lowest BCUT2D eigenvalue weighted by Crippen LogP contribution is -2.47. The number of nitrogens with one attached hydrogen (secondary N) is 1. The maximum Gasteiger partial charge on any atom is 0.314 e. The number of urea groups is 1. The SMILES string of the molecule is CCC(NC1CCN(C(N)=O)CC1)c1ccc(OC2CCCC2)cc1. The lowest BCUT2D eigenvalue weighted by atomic mass is 9.99. The summed E-state index contributed by atoms with van der Waals surface area (Å²) in [5.41, 5.74) is 6.66. The molecule has 1 aliphatic carbocycles. The summed E-state index contributed by atoms with van der Waals surface area (Å²) >= 11 is 0. The summed E-state index contributed by atoms with van der Waals surface area (Å²) < 4.78 is 6.06. The lowest BCUT2D eigenvalue weighted by molar-refractivity contribution is 0.182. The molecule has 0 aromatic heterocycles. The maximum absolute atomic E-state index is 11.2. The first kappa shape index (κ1) is 18.1. The molecule has 1 saturated carbocycles. The minimum atomic E-state index is -0.302. The van der Waals surface area contributed by atoms with Gasteiger partial charge < -0.3 is 20.7 Å². The molecule has 1 unspecified atom stereocenters. The highest BCUT2D eigenvalue weighted by atomic mass is 16.5. The van der Waals surface area contributed by atoms with Gasteiger partial charge in [-0.3, -0.25) is 0 Å². The van der Waals surface area contributed by atoms with E-state index in [9.17, 15) is 4.79 Å². The Kier molecular flexibility index (Phi) is 6.19. The van der Waals surface area contributed by atoms with Crippen LogP contribution in [0.25, 0.3) is 0 Å². The molecule has 1 aromatic carbocycles. The highest BCUT2D eigenvalue weighted by molar-refractivity contribution is 5.72. The number of hydrogen-bond acceptors (Lipinski definition) is 3.